The van der Waals surface area contributed by atoms with Gasteiger partial charge in [-0.2, -0.15) is 8.42 Å². The van der Waals surface area contributed by atoms with Crippen LogP contribution >= 0.6 is 0 Å². The van der Waals surface area contributed by atoms with Crippen molar-refractivity contribution in [3.05, 3.63) is 82.9 Å². The minimum Gasteiger partial charge on any atom is -0.484 e. The van der Waals surface area contributed by atoms with Gasteiger partial charge in [-0.3, -0.25) is 4.18 Å². The highest BCUT2D eigenvalue weighted by Crippen LogP contribution is 2.45. The Balaban J connectivity index is 1.81. The molecule has 0 amide bonds. The molecule has 7 heteroatoms. The van der Waals surface area contributed by atoms with Crippen LogP contribution in [0.2, 0.25) is 0 Å². The topological polar surface area (TPSA) is 52.6 Å². The summed E-state index contributed by atoms with van der Waals surface area (Å²) in [5.74, 6) is -0.699. The van der Waals surface area contributed by atoms with Crippen molar-refractivity contribution in [3.63, 3.8) is 0 Å². The fraction of sp³-hybridized carbons (Fsp3) is 0.182. The highest BCUT2D eigenvalue weighted by atomic mass is 32.2. The minimum absolute atomic E-state index is 0.0295. The van der Waals surface area contributed by atoms with Gasteiger partial charge in [0.2, 0.25) is 0 Å². The van der Waals surface area contributed by atoms with Gasteiger partial charge in [-0.1, -0.05) is 35.9 Å². The van der Waals surface area contributed by atoms with E-state index in [4.69, 9.17) is 4.74 Å². The second kappa shape index (κ2) is 7.24. The number of hydrogen-bond acceptors (Lipinski definition) is 4. The van der Waals surface area contributed by atoms with E-state index in [0.29, 0.717) is 23.3 Å². The minimum atomic E-state index is -3.93. The van der Waals surface area contributed by atoms with E-state index in [2.05, 4.69) is 4.18 Å². The average Bonchev–Trinajstić information content (AvgIpc) is 3.14. The van der Waals surface area contributed by atoms with Crippen molar-refractivity contribution in [2.45, 2.75) is 24.3 Å². The Morgan fingerprint density at radius 3 is 2.59 bits per heavy atom. The first-order valence-corrected chi connectivity index (χ1v) is 10.4. The number of rotatable bonds is 4. The van der Waals surface area contributed by atoms with E-state index in [0.717, 1.165) is 36.4 Å². The fourth-order valence-electron chi connectivity index (χ4n) is 3.59. The fourth-order valence-corrected chi connectivity index (χ4v) is 4.49. The molecule has 3 aromatic carbocycles. The van der Waals surface area contributed by atoms with Crippen LogP contribution < -0.4 is 4.74 Å². The number of aryl methyl sites for hydroxylation is 1. The molecule has 0 spiro atoms. The highest BCUT2D eigenvalue weighted by Gasteiger charge is 2.32. The summed E-state index contributed by atoms with van der Waals surface area (Å²) in [5, 5.41) is 0. The van der Waals surface area contributed by atoms with Crippen LogP contribution in [-0.4, -0.2) is 15.5 Å². The Bertz CT molecular complexity index is 1210. The van der Waals surface area contributed by atoms with Crippen LogP contribution in [0.3, 0.4) is 0 Å². The number of ether oxygens (including phenoxy) is 1. The summed E-state index contributed by atoms with van der Waals surface area (Å²) in [7, 11) is -2.83. The maximum Gasteiger partial charge on any atom is 0.297 e. The van der Waals surface area contributed by atoms with Gasteiger partial charge in [0.05, 0.1) is 7.11 Å². The number of halogens is 2. The molecule has 1 aliphatic heterocycles. The first-order chi connectivity index (χ1) is 13.8. The SMILES string of the molecule is COS(=O)(=O)c1ccc(C)cc1C1Cc2cccc(-c3cc(F)ccc3F)c2O1. The van der Waals surface area contributed by atoms with E-state index in [1.54, 1.807) is 24.3 Å². The maximum absolute atomic E-state index is 14.3. The van der Waals surface area contributed by atoms with E-state index in [-0.39, 0.29) is 10.5 Å². The van der Waals surface area contributed by atoms with Crippen molar-refractivity contribution in [1.29, 1.82) is 0 Å². The molecule has 0 saturated carbocycles. The van der Waals surface area contributed by atoms with Gasteiger partial charge in [-0.15, -0.1) is 0 Å². The standard InChI is InChI=1S/C22H18F2O4S/c1-13-6-9-21(29(25,26)27-2)18(10-13)20-11-14-4-3-5-16(22(14)28-20)17-12-15(23)7-8-19(17)24/h3-10,12,20H,11H2,1-2H3. The van der Waals surface area contributed by atoms with Gasteiger partial charge in [0.1, 0.15) is 28.4 Å². The first kappa shape index (κ1) is 19.5. The summed E-state index contributed by atoms with van der Waals surface area (Å²) < 4.78 is 63.6. The van der Waals surface area contributed by atoms with E-state index in [1.165, 1.54) is 6.07 Å². The molecule has 150 valence electrons. The van der Waals surface area contributed by atoms with Crippen LogP contribution in [-0.2, 0) is 20.7 Å². The molecule has 1 unspecified atom stereocenters. The first-order valence-electron chi connectivity index (χ1n) is 8.95. The Hall–Kier alpha value is -2.77. The molecule has 0 saturated heterocycles. The predicted octanol–water partition coefficient (Wildman–Crippen LogP) is 4.95. The summed E-state index contributed by atoms with van der Waals surface area (Å²) in [4.78, 5) is 0.0295. The molecule has 0 N–H and O–H groups in total. The summed E-state index contributed by atoms with van der Waals surface area (Å²) in [5.41, 5.74) is 2.64. The summed E-state index contributed by atoms with van der Waals surface area (Å²) >= 11 is 0. The number of fused-ring (bicyclic) bond motifs is 1. The molecule has 1 atom stereocenters. The summed E-state index contributed by atoms with van der Waals surface area (Å²) in [6.45, 7) is 1.85. The van der Waals surface area contributed by atoms with Crippen LogP contribution in [0.4, 0.5) is 8.78 Å². The number of hydrogen-bond donors (Lipinski definition) is 0. The molecule has 4 nitrogen and oxygen atoms in total. The molecule has 0 aliphatic carbocycles. The van der Waals surface area contributed by atoms with Crippen LogP contribution in [0.15, 0.2) is 59.5 Å². The van der Waals surface area contributed by atoms with Crippen LogP contribution in [0.5, 0.6) is 5.75 Å². The van der Waals surface area contributed by atoms with Crippen molar-refractivity contribution in [3.8, 4) is 16.9 Å². The maximum atomic E-state index is 14.3. The molecule has 0 fully saturated rings. The largest absolute Gasteiger partial charge is 0.484 e. The van der Waals surface area contributed by atoms with Gasteiger partial charge < -0.3 is 4.74 Å². The Kier molecular flexibility index (Phi) is 4.88. The lowest BCUT2D eigenvalue weighted by molar-refractivity contribution is 0.235. The third-order valence-corrected chi connectivity index (χ3v) is 6.33. The molecule has 1 aliphatic rings. The third kappa shape index (κ3) is 3.52. The molecule has 29 heavy (non-hydrogen) atoms. The molecular formula is C22H18F2O4S. The van der Waals surface area contributed by atoms with Crippen molar-refractivity contribution >= 4 is 10.1 Å². The molecule has 0 radical (unpaired) electrons. The van der Waals surface area contributed by atoms with Gasteiger partial charge in [-0.25, -0.2) is 8.78 Å². The smallest absolute Gasteiger partial charge is 0.297 e. The normalized spacial score (nSPS) is 15.8. The third-order valence-electron chi connectivity index (χ3n) is 4.98. The van der Waals surface area contributed by atoms with Gasteiger partial charge in [0, 0.05) is 23.1 Å². The molecule has 0 aromatic heterocycles. The van der Waals surface area contributed by atoms with Gasteiger partial charge in [0.15, 0.2) is 0 Å². The van der Waals surface area contributed by atoms with Crippen molar-refractivity contribution in [1.82, 2.24) is 0 Å². The lowest BCUT2D eigenvalue weighted by Crippen LogP contribution is -2.12. The monoisotopic (exact) mass is 416 g/mol. The second-order valence-electron chi connectivity index (χ2n) is 6.89. The summed E-state index contributed by atoms with van der Waals surface area (Å²) in [6.07, 6.45) is -0.196. The molecule has 0 bridgehead atoms. The van der Waals surface area contributed by atoms with Crippen molar-refractivity contribution in [2.75, 3.05) is 7.11 Å². The lowest BCUT2D eigenvalue weighted by atomic mass is 9.98. The van der Waals surface area contributed by atoms with Crippen LogP contribution in [0, 0.1) is 18.6 Å². The quantitative estimate of drug-likeness (QED) is 0.565. The molecule has 1 heterocycles. The Morgan fingerprint density at radius 2 is 1.83 bits per heavy atom. The van der Waals surface area contributed by atoms with E-state index >= 15 is 0 Å². The van der Waals surface area contributed by atoms with E-state index < -0.39 is 27.9 Å². The average molecular weight is 416 g/mol. The Morgan fingerprint density at radius 1 is 1.03 bits per heavy atom. The molecule has 4 rings (SSSR count). The molecular weight excluding hydrogens is 398 g/mol. The zero-order valence-corrected chi connectivity index (χ0v) is 16.6. The number of benzene rings is 3. The lowest BCUT2D eigenvalue weighted by Gasteiger charge is -2.17. The van der Waals surface area contributed by atoms with Gasteiger partial charge in [-0.05, 0) is 36.8 Å². The van der Waals surface area contributed by atoms with Crippen molar-refractivity contribution in [2.24, 2.45) is 0 Å². The van der Waals surface area contributed by atoms with Crippen LogP contribution in [0.1, 0.15) is 22.8 Å². The Labute approximate surface area is 167 Å². The highest BCUT2D eigenvalue weighted by molar-refractivity contribution is 7.86. The van der Waals surface area contributed by atoms with Gasteiger partial charge in [0.25, 0.3) is 10.1 Å². The van der Waals surface area contributed by atoms with Gasteiger partial charge >= 0.3 is 0 Å². The predicted molar refractivity (Wildman–Crippen MR) is 104 cm³/mol. The zero-order chi connectivity index (χ0) is 20.8. The van der Waals surface area contributed by atoms with E-state index in [9.17, 15) is 17.2 Å². The zero-order valence-electron chi connectivity index (χ0n) is 15.8. The van der Waals surface area contributed by atoms with Crippen molar-refractivity contribution < 1.29 is 26.1 Å². The van der Waals surface area contributed by atoms with Crippen LogP contribution in [0.25, 0.3) is 11.1 Å². The van der Waals surface area contributed by atoms with E-state index in [1.807, 2.05) is 13.0 Å². The molecule has 3 aromatic rings. The summed E-state index contributed by atoms with van der Waals surface area (Å²) in [6, 6.07) is 13.4. The number of para-hydroxylation sites is 1. The second-order valence-corrected chi connectivity index (χ2v) is 8.57.